The smallest absolute Gasteiger partial charge is 0.271 e. The molecule has 110 valence electrons. The molecule has 2 rings (SSSR count). The molecule has 0 unspecified atom stereocenters. The monoisotopic (exact) mass is 409 g/mol. The Bertz CT molecular complexity index is 804. The summed E-state index contributed by atoms with van der Waals surface area (Å²) in [6.45, 7) is 0. The minimum absolute atomic E-state index is 0.152. The molecule has 0 bridgehead atoms. The highest BCUT2D eigenvalue weighted by molar-refractivity contribution is 14.1. The van der Waals surface area contributed by atoms with Gasteiger partial charge in [0.1, 0.15) is 17.4 Å². The first-order chi connectivity index (χ1) is 10.5. The van der Waals surface area contributed by atoms with E-state index < -0.39 is 10.8 Å². The van der Waals surface area contributed by atoms with Crippen LogP contribution in [0.15, 0.2) is 46.4 Å². The summed E-state index contributed by atoms with van der Waals surface area (Å²) in [5.41, 5.74) is -0.0903. The molecule has 2 aromatic rings. The number of benzene rings is 1. The third kappa shape index (κ3) is 3.92. The number of amides is 1. The molecule has 1 aromatic heterocycles. The van der Waals surface area contributed by atoms with Gasteiger partial charge in [-0.15, -0.1) is 0 Å². The van der Waals surface area contributed by atoms with Crippen LogP contribution in [0.1, 0.15) is 5.76 Å². The molecule has 1 heterocycles. The van der Waals surface area contributed by atoms with Crippen molar-refractivity contribution >= 4 is 45.9 Å². The van der Waals surface area contributed by atoms with Gasteiger partial charge in [-0.3, -0.25) is 14.9 Å². The van der Waals surface area contributed by atoms with Crippen LogP contribution in [0, 0.1) is 25.2 Å². The molecule has 0 aliphatic heterocycles. The van der Waals surface area contributed by atoms with Crippen molar-refractivity contribution in [1.29, 1.82) is 5.26 Å². The number of nitrogens with zero attached hydrogens (tertiary/aromatic N) is 2. The van der Waals surface area contributed by atoms with Crippen molar-refractivity contribution in [1.82, 2.24) is 0 Å². The predicted molar refractivity (Wildman–Crippen MR) is 86.7 cm³/mol. The highest BCUT2D eigenvalue weighted by Crippen LogP contribution is 2.18. The third-order valence-corrected chi connectivity index (χ3v) is 3.14. The molecule has 0 radical (unpaired) electrons. The number of nitro groups is 1. The average molecular weight is 409 g/mol. The molecule has 1 amide bonds. The minimum atomic E-state index is -0.672. The van der Waals surface area contributed by atoms with Gasteiger partial charge in [0, 0.05) is 23.9 Å². The normalized spacial score (nSPS) is 10.8. The van der Waals surface area contributed by atoms with Gasteiger partial charge in [0.2, 0.25) is 0 Å². The number of non-ortho nitro benzene ring substituents is 1. The minimum Gasteiger partial charge on any atom is -0.451 e. The molecule has 7 nitrogen and oxygen atoms in total. The number of hydrogen-bond donors (Lipinski definition) is 1. The van der Waals surface area contributed by atoms with E-state index in [1.54, 1.807) is 18.2 Å². The van der Waals surface area contributed by atoms with Crippen LogP contribution >= 0.6 is 22.6 Å². The molecule has 0 atom stereocenters. The zero-order valence-electron chi connectivity index (χ0n) is 10.9. The number of furan rings is 1. The van der Waals surface area contributed by atoms with E-state index in [-0.39, 0.29) is 16.9 Å². The number of nitro benzene ring substituents is 1. The van der Waals surface area contributed by atoms with Gasteiger partial charge in [-0.05, 0) is 40.8 Å². The lowest BCUT2D eigenvalue weighted by atomic mass is 10.2. The molecule has 8 heteroatoms. The summed E-state index contributed by atoms with van der Waals surface area (Å²) in [6, 6.07) is 10.5. The quantitative estimate of drug-likeness (QED) is 0.274. The predicted octanol–water partition coefficient (Wildman–Crippen LogP) is 3.34. The Balaban J connectivity index is 2.20. The lowest BCUT2D eigenvalue weighted by molar-refractivity contribution is -0.384. The van der Waals surface area contributed by atoms with E-state index in [1.165, 1.54) is 30.3 Å². The van der Waals surface area contributed by atoms with Gasteiger partial charge in [0.25, 0.3) is 11.6 Å². The molecule has 1 N–H and O–H groups in total. The first-order valence-corrected chi connectivity index (χ1v) is 7.00. The fraction of sp³-hybridized carbons (Fsp3) is 0. The Morgan fingerprint density at radius 1 is 1.41 bits per heavy atom. The lowest BCUT2D eigenvalue weighted by Gasteiger charge is -2.03. The molecule has 0 saturated carbocycles. The van der Waals surface area contributed by atoms with Gasteiger partial charge in [-0.2, -0.15) is 5.26 Å². The zero-order chi connectivity index (χ0) is 16.1. The Morgan fingerprint density at radius 3 is 2.77 bits per heavy atom. The van der Waals surface area contributed by atoms with Crippen molar-refractivity contribution in [3.8, 4) is 6.07 Å². The SMILES string of the molecule is N#C/C(=C\c1ccc(I)o1)C(=O)Nc1cccc([N+](=O)[O-])c1. The van der Waals surface area contributed by atoms with E-state index in [1.807, 2.05) is 22.6 Å². The Kier molecular flexibility index (Phi) is 4.90. The van der Waals surface area contributed by atoms with Gasteiger partial charge < -0.3 is 9.73 Å². The molecule has 0 fully saturated rings. The van der Waals surface area contributed by atoms with Gasteiger partial charge >= 0.3 is 0 Å². The van der Waals surface area contributed by atoms with Gasteiger partial charge in [0.05, 0.1) is 4.92 Å². The van der Waals surface area contributed by atoms with Crippen LogP contribution in [0.5, 0.6) is 0 Å². The summed E-state index contributed by atoms with van der Waals surface area (Å²) in [5.74, 6) is -0.301. The van der Waals surface area contributed by atoms with Crippen molar-refractivity contribution in [3.05, 3.63) is 61.6 Å². The number of carbonyl (C=O) groups excluding carboxylic acids is 1. The number of hydrogen-bond acceptors (Lipinski definition) is 5. The Hall–Kier alpha value is -2.67. The number of anilines is 1. The average Bonchev–Trinajstić information content (AvgIpc) is 2.90. The number of nitrogens with one attached hydrogen (secondary N) is 1. The number of halogens is 1. The standard InChI is InChI=1S/C14H8IN3O4/c15-13-5-4-12(22-13)6-9(8-16)14(19)17-10-2-1-3-11(7-10)18(20)21/h1-7H,(H,17,19)/b9-6+. The maximum absolute atomic E-state index is 12.0. The second-order valence-electron chi connectivity index (χ2n) is 4.07. The number of carbonyl (C=O) groups is 1. The van der Waals surface area contributed by atoms with Crippen molar-refractivity contribution in [2.24, 2.45) is 0 Å². The molecule has 1 aromatic carbocycles. The van der Waals surface area contributed by atoms with E-state index in [0.717, 1.165) is 0 Å². The summed E-state index contributed by atoms with van der Waals surface area (Å²) in [5, 5.41) is 22.2. The highest BCUT2D eigenvalue weighted by Gasteiger charge is 2.12. The van der Waals surface area contributed by atoms with Crippen LogP contribution in [-0.2, 0) is 4.79 Å². The van der Waals surface area contributed by atoms with Crippen LogP contribution in [0.2, 0.25) is 0 Å². The molecule has 0 saturated heterocycles. The fourth-order valence-electron chi connectivity index (χ4n) is 1.59. The maximum atomic E-state index is 12.0. The van der Waals surface area contributed by atoms with E-state index in [9.17, 15) is 14.9 Å². The summed E-state index contributed by atoms with van der Waals surface area (Å²) in [4.78, 5) is 22.1. The second-order valence-corrected chi connectivity index (χ2v) is 5.14. The second kappa shape index (κ2) is 6.86. The largest absolute Gasteiger partial charge is 0.451 e. The van der Waals surface area contributed by atoms with Gasteiger partial charge in [0.15, 0.2) is 3.77 Å². The summed E-state index contributed by atoms with van der Waals surface area (Å²) in [7, 11) is 0. The van der Waals surface area contributed by atoms with Gasteiger partial charge in [-0.25, -0.2) is 0 Å². The fourth-order valence-corrected chi connectivity index (χ4v) is 2.03. The molecule has 0 aliphatic carbocycles. The molecular formula is C14H8IN3O4. The van der Waals surface area contributed by atoms with E-state index >= 15 is 0 Å². The van der Waals surface area contributed by atoms with Crippen molar-refractivity contribution in [3.63, 3.8) is 0 Å². The Labute approximate surface area is 138 Å². The van der Waals surface area contributed by atoms with E-state index in [4.69, 9.17) is 9.68 Å². The third-order valence-electron chi connectivity index (χ3n) is 2.56. The summed E-state index contributed by atoms with van der Waals surface area (Å²) in [6.07, 6.45) is 1.30. The number of nitriles is 1. The van der Waals surface area contributed by atoms with Crippen molar-refractivity contribution in [2.75, 3.05) is 5.32 Å². The van der Waals surface area contributed by atoms with E-state index in [0.29, 0.717) is 9.53 Å². The van der Waals surface area contributed by atoms with Crippen molar-refractivity contribution in [2.45, 2.75) is 0 Å². The summed E-state index contributed by atoms with van der Waals surface area (Å²) < 4.78 is 5.88. The first kappa shape index (κ1) is 15.7. The highest BCUT2D eigenvalue weighted by atomic mass is 127. The van der Waals surface area contributed by atoms with Crippen LogP contribution < -0.4 is 5.32 Å². The van der Waals surface area contributed by atoms with E-state index in [2.05, 4.69) is 5.32 Å². The van der Waals surface area contributed by atoms with Crippen LogP contribution in [0.3, 0.4) is 0 Å². The van der Waals surface area contributed by atoms with Crippen molar-refractivity contribution < 1.29 is 14.1 Å². The van der Waals surface area contributed by atoms with Crippen LogP contribution in [0.25, 0.3) is 6.08 Å². The maximum Gasteiger partial charge on any atom is 0.271 e. The molecule has 0 spiro atoms. The summed E-state index contributed by atoms with van der Waals surface area (Å²) >= 11 is 1.96. The Morgan fingerprint density at radius 2 is 2.18 bits per heavy atom. The molecule has 22 heavy (non-hydrogen) atoms. The topological polar surface area (TPSA) is 109 Å². The number of rotatable bonds is 4. The van der Waals surface area contributed by atoms with Crippen LogP contribution in [-0.4, -0.2) is 10.8 Å². The first-order valence-electron chi connectivity index (χ1n) is 5.92. The zero-order valence-corrected chi connectivity index (χ0v) is 13.1. The van der Waals surface area contributed by atoms with Crippen LogP contribution in [0.4, 0.5) is 11.4 Å². The lowest BCUT2D eigenvalue weighted by Crippen LogP contribution is -2.13. The van der Waals surface area contributed by atoms with Gasteiger partial charge in [-0.1, -0.05) is 6.07 Å². The molecule has 0 aliphatic rings. The molecular weight excluding hydrogens is 401 g/mol.